The van der Waals surface area contributed by atoms with E-state index in [9.17, 15) is 9.59 Å². The zero-order chi connectivity index (χ0) is 15.3. The lowest BCUT2D eigenvalue weighted by molar-refractivity contribution is -0.120. The topological polar surface area (TPSA) is 108 Å². The summed E-state index contributed by atoms with van der Waals surface area (Å²) in [5.41, 5.74) is 7.02. The van der Waals surface area contributed by atoms with E-state index in [0.717, 1.165) is 5.56 Å². The molecule has 0 spiro atoms. The summed E-state index contributed by atoms with van der Waals surface area (Å²) in [6.45, 7) is 5.38. The summed E-state index contributed by atoms with van der Waals surface area (Å²) in [5.74, 6) is -0.692. The Morgan fingerprint density at radius 3 is 2.50 bits per heavy atom. The highest BCUT2D eigenvalue weighted by Crippen LogP contribution is 2.14. The summed E-state index contributed by atoms with van der Waals surface area (Å²) in [4.78, 5) is 23.0. The van der Waals surface area contributed by atoms with E-state index in [0.29, 0.717) is 11.3 Å². The summed E-state index contributed by atoms with van der Waals surface area (Å²) in [7, 11) is 0. The maximum Gasteiger partial charge on any atom is 0.319 e. The van der Waals surface area contributed by atoms with Gasteiger partial charge in [-0.15, -0.1) is 0 Å². The van der Waals surface area contributed by atoms with E-state index >= 15 is 0 Å². The highest BCUT2D eigenvalue weighted by Gasteiger charge is 2.21. The van der Waals surface area contributed by atoms with E-state index < -0.39 is 18.0 Å². The molecule has 0 aliphatic rings. The third kappa shape index (κ3) is 3.99. The number of urea groups is 1. The first-order valence-corrected chi connectivity index (χ1v) is 6.22. The number of hydrogen-bond acceptors (Lipinski definition) is 3. The molecule has 1 aromatic carbocycles. The summed E-state index contributed by atoms with van der Waals surface area (Å²) < 4.78 is 0. The van der Waals surface area contributed by atoms with Crippen LogP contribution in [0, 0.1) is 24.2 Å². The van der Waals surface area contributed by atoms with Crippen LogP contribution in [0.2, 0.25) is 0 Å². The molecule has 0 saturated carbocycles. The molecule has 0 aliphatic heterocycles. The van der Waals surface area contributed by atoms with Crippen molar-refractivity contribution in [1.29, 1.82) is 5.26 Å². The highest BCUT2D eigenvalue weighted by molar-refractivity contribution is 5.93. The van der Waals surface area contributed by atoms with E-state index in [2.05, 4.69) is 10.6 Å². The van der Waals surface area contributed by atoms with Crippen LogP contribution in [-0.2, 0) is 4.79 Å². The van der Waals surface area contributed by atoms with Crippen LogP contribution in [0.5, 0.6) is 0 Å². The fourth-order valence-corrected chi connectivity index (χ4v) is 1.69. The van der Waals surface area contributed by atoms with Gasteiger partial charge < -0.3 is 16.4 Å². The Balaban J connectivity index is 2.76. The molecule has 20 heavy (non-hydrogen) atoms. The normalized spacial score (nSPS) is 11.6. The average molecular weight is 274 g/mol. The van der Waals surface area contributed by atoms with Gasteiger partial charge in [0.05, 0.1) is 11.6 Å². The Bertz CT molecular complexity index is 561. The lowest BCUT2D eigenvalue weighted by Gasteiger charge is -2.19. The van der Waals surface area contributed by atoms with Crippen LogP contribution < -0.4 is 16.4 Å². The van der Waals surface area contributed by atoms with Crippen LogP contribution in [0.15, 0.2) is 18.2 Å². The maximum absolute atomic E-state index is 11.8. The zero-order valence-corrected chi connectivity index (χ0v) is 11.7. The van der Waals surface area contributed by atoms with Gasteiger partial charge in [-0.05, 0) is 30.5 Å². The number of primary amides is 1. The van der Waals surface area contributed by atoms with E-state index in [1.165, 1.54) is 0 Å². The molecule has 0 radical (unpaired) electrons. The predicted octanol–water partition coefficient (Wildman–Crippen LogP) is 1.50. The Morgan fingerprint density at radius 1 is 1.35 bits per heavy atom. The van der Waals surface area contributed by atoms with Crippen molar-refractivity contribution in [2.24, 2.45) is 11.7 Å². The fourth-order valence-electron chi connectivity index (χ4n) is 1.69. The molecule has 6 heteroatoms. The predicted molar refractivity (Wildman–Crippen MR) is 75.9 cm³/mol. The number of nitriles is 1. The number of rotatable bonds is 4. The smallest absolute Gasteiger partial charge is 0.319 e. The Hall–Kier alpha value is -2.55. The van der Waals surface area contributed by atoms with Gasteiger partial charge in [0, 0.05) is 5.69 Å². The van der Waals surface area contributed by atoms with Gasteiger partial charge in [-0.2, -0.15) is 5.26 Å². The molecule has 0 bridgehead atoms. The molecule has 0 saturated heterocycles. The Labute approximate surface area is 118 Å². The number of aryl methyl sites for hydroxylation is 1. The second kappa shape index (κ2) is 6.57. The van der Waals surface area contributed by atoms with Crippen LogP contribution in [-0.4, -0.2) is 18.0 Å². The Kier molecular flexibility index (Phi) is 5.09. The van der Waals surface area contributed by atoms with Crippen molar-refractivity contribution in [2.75, 3.05) is 5.32 Å². The minimum Gasteiger partial charge on any atom is -0.368 e. The van der Waals surface area contributed by atoms with E-state index in [-0.39, 0.29) is 5.92 Å². The second-order valence-corrected chi connectivity index (χ2v) is 4.86. The number of carbonyl (C=O) groups is 2. The standard InChI is InChI=1S/C14H18N4O2/c1-8(2)12(13(16)19)18-14(20)17-11-5-4-9(3)10(6-11)7-15/h4-6,8,12H,1-3H3,(H2,16,19)(H2,17,18,20)/t12-/m0/s1. The van der Waals surface area contributed by atoms with Crippen LogP contribution in [0.3, 0.4) is 0 Å². The molecule has 4 N–H and O–H groups in total. The quantitative estimate of drug-likeness (QED) is 0.774. The molecule has 0 aliphatic carbocycles. The second-order valence-electron chi connectivity index (χ2n) is 4.86. The number of amides is 3. The molecular weight excluding hydrogens is 256 g/mol. The third-order valence-corrected chi connectivity index (χ3v) is 2.88. The SMILES string of the molecule is Cc1ccc(NC(=O)N[C@H](C(N)=O)C(C)C)cc1C#N. The van der Waals surface area contributed by atoms with Gasteiger partial charge >= 0.3 is 6.03 Å². The fraction of sp³-hybridized carbons (Fsp3) is 0.357. The van der Waals surface area contributed by atoms with Crippen molar-refractivity contribution in [3.63, 3.8) is 0 Å². The first-order chi connectivity index (χ1) is 9.35. The number of anilines is 1. The Morgan fingerprint density at radius 2 is 2.00 bits per heavy atom. The molecule has 0 heterocycles. The van der Waals surface area contributed by atoms with Crippen LogP contribution in [0.4, 0.5) is 10.5 Å². The number of hydrogen-bond donors (Lipinski definition) is 3. The molecule has 0 unspecified atom stereocenters. The first-order valence-electron chi connectivity index (χ1n) is 6.22. The summed E-state index contributed by atoms with van der Waals surface area (Å²) in [5, 5.41) is 14.0. The van der Waals surface area contributed by atoms with Gasteiger partial charge in [0.1, 0.15) is 6.04 Å². The van der Waals surface area contributed by atoms with Crippen LogP contribution >= 0.6 is 0 Å². The summed E-state index contributed by atoms with van der Waals surface area (Å²) in [6.07, 6.45) is 0. The van der Waals surface area contributed by atoms with Crippen molar-refractivity contribution in [3.8, 4) is 6.07 Å². The monoisotopic (exact) mass is 274 g/mol. The average Bonchev–Trinajstić information content (AvgIpc) is 2.37. The van der Waals surface area contributed by atoms with Gasteiger partial charge in [-0.1, -0.05) is 19.9 Å². The van der Waals surface area contributed by atoms with Gasteiger partial charge in [0.2, 0.25) is 5.91 Å². The van der Waals surface area contributed by atoms with E-state index in [4.69, 9.17) is 11.0 Å². The van der Waals surface area contributed by atoms with Crippen molar-refractivity contribution >= 4 is 17.6 Å². The molecule has 0 fully saturated rings. The molecule has 1 atom stereocenters. The lowest BCUT2D eigenvalue weighted by atomic mass is 10.0. The number of carbonyl (C=O) groups excluding carboxylic acids is 2. The number of benzene rings is 1. The van der Waals surface area contributed by atoms with Crippen molar-refractivity contribution in [2.45, 2.75) is 26.8 Å². The van der Waals surface area contributed by atoms with Crippen LogP contribution in [0.1, 0.15) is 25.0 Å². The number of nitrogens with two attached hydrogens (primary N) is 1. The molecule has 6 nitrogen and oxygen atoms in total. The zero-order valence-electron chi connectivity index (χ0n) is 11.7. The number of nitrogens with one attached hydrogen (secondary N) is 2. The van der Waals surface area contributed by atoms with Crippen molar-refractivity contribution in [1.82, 2.24) is 5.32 Å². The maximum atomic E-state index is 11.8. The first kappa shape index (κ1) is 15.5. The van der Waals surface area contributed by atoms with Gasteiger partial charge in [-0.25, -0.2) is 4.79 Å². The molecule has 106 valence electrons. The minimum atomic E-state index is -0.740. The highest BCUT2D eigenvalue weighted by atomic mass is 16.2. The molecule has 1 rings (SSSR count). The van der Waals surface area contributed by atoms with Crippen molar-refractivity contribution in [3.05, 3.63) is 29.3 Å². The van der Waals surface area contributed by atoms with Gasteiger partial charge in [-0.3, -0.25) is 4.79 Å². The van der Waals surface area contributed by atoms with E-state index in [1.807, 2.05) is 13.0 Å². The number of nitrogens with zero attached hydrogens (tertiary/aromatic N) is 1. The van der Waals surface area contributed by atoms with Crippen LogP contribution in [0.25, 0.3) is 0 Å². The van der Waals surface area contributed by atoms with Crippen molar-refractivity contribution < 1.29 is 9.59 Å². The molecule has 1 aromatic rings. The molecule has 3 amide bonds. The molecule has 0 aromatic heterocycles. The van der Waals surface area contributed by atoms with E-state index in [1.54, 1.807) is 32.0 Å². The lowest BCUT2D eigenvalue weighted by Crippen LogP contribution is -2.49. The van der Waals surface area contributed by atoms with Gasteiger partial charge in [0.25, 0.3) is 0 Å². The summed E-state index contributed by atoms with van der Waals surface area (Å²) in [6, 6.07) is 5.76. The third-order valence-electron chi connectivity index (χ3n) is 2.88. The summed E-state index contributed by atoms with van der Waals surface area (Å²) >= 11 is 0. The minimum absolute atomic E-state index is 0.106. The van der Waals surface area contributed by atoms with Gasteiger partial charge in [0.15, 0.2) is 0 Å². The largest absolute Gasteiger partial charge is 0.368 e. The molecular formula is C14H18N4O2.